The van der Waals surface area contributed by atoms with Gasteiger partial charge in [0.05, 0.1) is 5.69 Å². The predicted molar refractivity (Wildman–Crippen MR) is 91.8 cm³/mol. The summed E-state index contributed by atoms with van der Waals surface area (Å²) in [4.78, 5) is 6.25. The molecule has 0 spiro atoms. The summed E-state index contributed by atoms with van der Waals surface area (Å²) in [7, 11) is 1.78. The first-order valence-corrected chi connectivity index (χ1v) is 8.72. The van der Waals surface area contributed by atoms with Gasteiger partial charge < -0.3 is 10.1 Å². The number of hydrogen-bond donors (Lipinski definition) is 1. The summed E-state index contributed by atoms with van der Waals surface area (Å²) in [5.41, 5.74) is 1.36. The van der Waals surface area contributed by atoms with Crippen molar-refractivity contribution in [1.29, 1.82) is 0 Å². The minimum Gasteiger partial charge on any atom is -0.374 e. The first-order chi connectivity index (χ1) is 9.64. The molecule has 1 rings (SSSR count). The number of nitrogens with one attached hydrogen (secondary N) is 1. The predicted octanol–water partition coefficient (Wildman–Crippen LogP) is 4.57. The van der Waals surface area contributed by atoms with Crippen LogP contribution in [0.2, 0.25) is 0 Å². The fourth-order valence-electron chi connectivity index (χ4n) is 2.21. The molecule has 122 valence electrons. The van der Waals surface area contributed by atoms with E-state index < -0.39 is 0 Å². The van der Waals surface area contributed by atoms with E-state index in [0.717, 1.165) is 18.0 Å². The Hall–Kier alpha value is -0.450. The van der Waals surface area contributed by atoms with Crippen LogP contribution in [0.4, 0.5) is 0 Å². The molecule has 0 aliphatic carbocycles. The van der Waals surface area contributed by atoms with E-state index in [1.165, 1.54) is 10.6 Å². The molecule has 0 amide bonds. The molecule has 1 heterocycles. The van der Waals surface area contributed by atoms with Crippen molar-refractivity contribution in [2.45, 2.75) is 73.1 Å². The van der Waals surface area contributed by atoms with Crippen LogP contribution in [0.5, 0.6) is 0 Å². The van der Waals surface area contributed by atoms with E-state index in [1.807, 2.05) is 0 Å². The molecule has 21 heavy (non-hydrogen) atoms. The second-order valence-electron chi connectivity index (χ2n) is 7.52. The normalized spacial score (nSPS) is 14.2. The molecular weight excluding hydrogens is 280 g/mol. The Bertz CT molecular complexity index is 432. The molecule has 1 aromatic rings. The molecule has 1 unspecified atom stereocenters. The molecule has 4 heteroatoms. The smallest absolute Gasteiger partial charge is 0.122 e. The summed E-state index contributed by atoms with van der Waals surface area (Å²) in [5.74, 6) is 1.06. The molecule has 0 aromatic carbocycles. The zero-order valence-corrected chi connectivity index (χ0v) is 15.7. The van der Waals surface area contributed by atoms with Crippen LogP contribution >= 0.6 is 11.3 Å². The van der Waals surface area contributed by atoms with Gasteiger partial charge in [-0.15, -0.1) is 11.3 Å². The van der Waals surface area contributed by atoms with Crippen molar-refractivity contribution < 1.29 is 4.74 Å². The fourth-order valence-corrected chi connectivity index (χ4v) is 3.50. The number of thiazole rings is 1. The monoisotopic (exact) mass is 312 g/mol. The average Bonchev–Trinajstić information content (AvgIpc) is 2.68. The molecule has 0 bridgehead atoms. The highest BCUT2D eigenvalue weighted by Crippen LogP contribution is 2.32. The van der Waals surface area contributed by atoms with E-state index in [0.29, 0.717) is 11.8 Å². The lowest BCUT2D eigenvalue weighted by Gasteiger charge is -2.20. The van der Waals surface area contributed by atoms with Gasteiger partial charge in [0.1, 0.15) is 11.1 Å². The summed E-state index contributed by atoms with van der Waals surface area (Å²) in [6.07, 6.45) is 1.14. The topological polar surface area (TPSA) is 34.1 Å². The van der Waals surface area contributed by atoms with Gasteiger partial charge in [0.15, 0.2) is 0 Å². The zero-order chi connectivity index (χ0) is 16.2. The van der Waals surface area contributed by atoms with Gasteiger partial charge >= 0.3 is 0 Å². The Labute approximate surface area is 134 Å². The van der Waals surface area contributed by atoms with Gasteiger partial charge in [-0.1, -0.05) is 27.7 Å². The van der Waals surface area contributed by atoms with Crippen LogP contribution in [-0.2, 0) is 17.7 Å². The van der Waals surface area contributed by atoms with Crippen molar-refractivity contribution in [1.82, 2.24) is 10.3 Å². The van der Waals surface area contributed by atoms with Gasteiger partial charge in [-0.05, 0) is 39.0 Å². The minimum atomic E-state index is 0.101. The van der Waals surface area contributed by atoms with Gasteiger partial charge in [0.25, 0.3) is 0 Å². The van der Waals surface area contributed by atoms with E-state index in [1.54, 1.807) is 18.4 Å². The number of aromatic nitrogens is 1. The van der Waals surface area contributed by atoms with Crippen LogP contribution in [0.3, 0.4) is 0 Å². The summed E-state index contributed by atoms with van der Waals surface area (Å²) >= 11 is 1.80. The van der Waals surface area contributed by atoms with Crippen LogP contribution in [0.1, 0.15) is 70.1 Å². The van der Waals surface area contributed by atoms with E-state index in [9.17, 15) is 0 Å². The van der Waals surface area contributed by atoms with Crippen LogP contribution in [-0.4, -0.2) is 17.6 Å². The van der Waals surface area contributed by atoms with Gasteiger partial charge in [0, 0.05) is 24.1 Å². The summed E-state index contributed by atoms with van der Waals surface area (Å²) in [5, 5.41) is 4.70. The molecule has 0 saturated heterocycles. The minimum absolute atomic E-state index is 0.101. The first-order valence-electron chi connectivity index (χ1n) is 7.90. The van der Waals surface area contributed by atoms with Gasteiger partial charge in [-0.3, -0.25) is 0 Å². The lowest BCUT2D eigenvalue weighted by molar-refractivity contribution is 0.0643. The molecular formula is C17H32N2OS. The Morgan fingerprint density at radius 2 is 1.81 bits per heavy atom. The quantitative estimate of drug-likeness (QED) is 0.800. The highest BCUT2D eigenvalue weighted by molar-refractivity contribution is 7.11. The maximum absolute atomic E-state index is 5.64. The van der Waals surface area contributed by atoms with Crippen molar-refractivity contribution in [3.8, 4) is 0 Å². The number of hydrogen-bond acceptors (Lipinski definition) is 4. The highest BCUT2D eigenvalue weighted by Gasteiger charge is 2.22. The van der Waals surface area contributed by atoms with E-state index in [4.69, 9.17) is 9.72 Å². The third kappa shape index (κ3) is 6.05. The van der Waals surface area contributed by atoms with Crippen LogP contribution in [0.25, 0.3) is 0 Å². The Kier molecular flexibility index (Phi) is 6.82. The first kappa shape index (κ1) is 18.6. The maximum atomic E-state index is 5.64. The van der Waals surface area contributed by atoms with Crippen LogP contribution < -0.4 is 5.32 Å². The fraction of sp³-hybridized carbons (Fsp3) is 0.824. The zero-order valence-electron chi connectivity index (χ0n) is 14.9. The Morgan fingerprint density at radius 1 is 1.19 bits per heavy atom. The number of nitrogens with zero attached hydrogens (tertiary/aromatic N) is 1. The molecule has 3 nitrogen and oxygen atoms in total. The molecule has 0 radical (unpaired) electrons. The molecule has 0 aliphatic rings. The third-order valence-electron chi connectivity index (χ3n) is 3.28. The summed E-state index contributed by atoms with van der Waals surface area (Å²) in [6, 6.07) is 0. The molecule has 0 aliphatic heterocycles. The standard InChI is InChI=1S/C17H32N2OS/c1-11(2)9-13-14(10-18-17(5,6)7)21-16(19-13)15(20-8)12(3)4/h11-12,15,18H,9-10H2,1-8H3. The number of ether oxygens (including phenoxy) is 1. The molecule has 1 N–H and O–H groups in total. The van der Waals surface area contributed by atoms with Crippen molar-refractivity contribution in [2.75, 3.05) is 7.11 Å². The Balaban J connectivity index is 3.00. The van der Waals surface area contributed by atoms with E-state index in [-0.39, 0.29) is 11.6 Å². The Morgan fingerprint density at radius 3 is 2.24 bits per heavy atom. The van der Waals surface area contributed by atoms with E-state index in [2.05, 4.69) is 53.8 Å². The number of rotatable bonds is 7. The summed E-state index contributed by atoms with van der Waals surface area (Å²) in [6.45, 7) is 16.3. The van der Waals surface area contributed by atoms with Crippen molar-refractivity contribution in [3.63, 3.8) is 0 Å². The van der Waals surface area contributed by atoms with Crippen LogP contribution in [0.15, 0.2) is 0 Å². The lowest BCUT2D eigenvalue weighted by Crippen LogP contribution is -2.35. The largest absolute Gasteiger partial charge is 0.374 e. The van der Waals surface area contributed by atoms with E-state index >= 15 is 0 Å². The highest BCUT2D eigenvalue weighted by atomic mass is 32.1. The molecule has 1 aromatic heterocycles. The molecule has 1 atom stereocenters. The second kappa shape index (κ2) is 7.70. The maximum Gasteiger partial charge on any atom is 0.122 e. The van der Waals surface area contributed by atoms with Crippen molar-refractivity contribution in [3.05, 3.63) is 15.6 Å². The van der Waals surface area contributed by atoms with Crippen LogP contribution in [0, 0.1) is 11.8 Å². The van der Waals surface area contributed by atoms with Crippen molar-refractivity contribution in [2.24, 2.45) is 11.8 Å². The SMILES string of the molecule is COC(c1nc(CC(C)C)c(CNC(C)(C)C)s1)C(C)C. The third-order valence-corrected chi connectivity index (χ3v) is 4.44. The van der Waals surface area contributed by atoms with Gasteiger partial charge in [0.2, 0.25) is 0 Å². The number of methoxy groups -OCH3 is 1. The molecule has 0 saturated carbocycles. The molecule has 0 fully saturated rings. The summed E-state index contributed by atoms with van der Waals surface area (Å²) < 4.78 is 5.64. The average molecular weight is 313 g/mol. The van der Waals surface area contributed by atoms with Gasteiger partial charge in [-0.2, -0.15) is 0 Å². The van der Waals surface area contributed by atoms with Crippen molar-refractivity contribution >= 4 is 11.3 Å². The second-order valence-corrected chi connectivity index (χ2v) is 8.64. The lowest BCUT2D eigenvalue weighted by atomic mass is 10.1. The van der Waals surface area contributed by atoms with Gasteiger partial charge in [-0.25, -0.2) is 4.98 Å².